The van der Waals surface area contributed by atoms with Gasteiger partial charge in [0.05, 0.1) is 17.6 Å². The number of nitrogens with one attached hydrogen (secondary N) is 1. The molecule has 2 aromatic heterocycles. The van der Waals surface area contributed by atoms with Crippen molar-refractivity contribution in [2.75, 3.05) is 0 Å². The summed E-state index contributed by atoms with van der Waals surface area (Å²) in [5, 5.41) is 12.0. The van der Waals surface area contributed by atoms with Crippen LogP contribution in [0.3, 0.4) is 0 Å². The van der Waals surface area contributed by atoms with Crippen molar-refractivity contribution in [3.8, 4) is 5.13 Å². The van der Waals surface area contributed by atoms with Crippen molar-refractivity contribution in [1.29, 1.82) is 0 Å². The number of thiazole rings is 1. The van der Waals surface area contributed by atoms with Gasteiger partial charge in [0.1, 0.15) is 4.88 Å². The van der Waals surface area contributed by atoms with E-state index in [-0.39, 0.29) is 5.91 Å². The Morgan fingerprint density at radius 2 is 1.69 bits per heavy atom. The minimum atomic E-state index is -0.125. The highest BCUT2D eigenvalue weighted by Crippen LogP contribution is 2.21. The quantitative estimate of drug-likeness (QED) is 0.510. The average Bonchev–Trinajstić information content (AvgIpc) is 3.39. The Morgan fingerprint density at radius 3 is 2.41 bits per heavy atom. The number of benzene rings is 2. The molecule has 2 heterocycles. The Morgan fingerprint density at radius 1 is 1.00 bits per heavy atom. The van der Waals surface area contributed by atoms with Crippen molar-refractivity contribution in [1.82, 2.24) is 25.3 Å². The van der Waals surface area contributed by atoms with Gasteiger partial charge in [-0.1, -0.05) is 77.2 Å². The molecule has 2 aromatic carbocycles. The highest BCUT2D eigenvalue weighted by molar-refractivity contribution is 7.16. The lowest BCUT2D eigenvalue weighted by Gasteiger charge is -2.03. The lowest BCUT2D eigenvalue weighted by molar-refractivity contribution is 0.0954. The normalized spacial score (nSPS) is 10.8. The molecule has 4 aromatic rings. The second kappa shape index (κ2) is 8.79. The Kier molecular flexibility index (Phi) is 5.76. The molecule has 0 unspecified atom stereocenters. The summed E-state index contributed by atoms with van der Waals surface area (Å²) >= 11 is 1.32. The van der Waals surface area contributed by atoms with Crippen LogP contribution in [0, 0.1) is 6.92 Å². The Bertz CT molecular complexity index is 1090. The second-order valence-corrected chi connectivity index (χ2v) is 7.70. The maximum Gasteiger partial charge on any atom is 0.263 e. The molecule has 0 bridgehead atoms. The highest BCUT2D eigenvalue weighted by Gasteiger charge is 2.17. The molecule has 1 N–H and O–H groups in total. The maximum atomic E-state index is 12.6. The molecule has 0 saturated carbocycles. The molecule has 0 aliphatic carbocycles. The van der Waals surface area contributed by atoms with Crippen LogP contribution >= 0.6 is 11.3 Å². The van der Waals surface area contributed by atoms with Gasteiger partial charge in [0.15, 0.2) is 0 Å². The van der Waals surface area contributed by atoms with Crippen LogP contribution in [0.15, 0.2) is 66.9 Å². The van der Waals surface area contributed by atoms with Crippen LogP contribution in [0.2, 0.25) is 0 Å². The van der Waals surface area contributed by atoms with Gasteiger partial charge in [-0.15, -0.1) is 5.10 Å². The van der Waals surface area contributed by atoms with Gasteiger partial charge in [0.2, 0.25) is 5.13 Å². The number of carbonyl (C=O) groups excluding carboxylic acids is 1. The molecule has 0 atom stereocenters. The van der Waals surface area contributed by atoms with Gasteiger partial charge in [-0.05, 0) is 30.9 Å². The molecule has 0 aliphatic heterocycles. The summed E-state index contributed by atoms with van der Waals surface area (Å²) in [5.41, 5.74) is 3.92. The molecular weight excluding hydrogens is 382 g/mol. The first-order chi connectivity index (χ1) is 14.2. The first kappa shape index (κ1) is 19.0. The fraction of sp³-hybridized carbons (Fsp3) is 0.182. The molecule has 6 nitrogen and oxygen atoms in total. The van der Waals surface area contributed by atoms with Gasteiger partial charge in [-0.25, -0.2) is 4.98 Å². The van der Waals surface area contributed by atoms with E-state index in [0.717, 1.165) is 24.1 Å². The number of aromatic nitrogens is 4. The zero-order chi connectivity index (χ0) is 20.1. The first-order valence-corrected chi connectivity index (χ1v) is 10.3. The third kappa shape index (κ3) is 4.75. The molecule has 0 aliphatic rings. The molecule has 0 radical (unpaired) electrons. The van der Waals surface area contributed by atoms with E-state index in [1.165, 1.54) is 16.9 Å². The molecule has 29 heavy (non-hydrogen) atoms. The van der Waals surface area contributed by atoms with Crippen molar-refractivity contribution in [3.05, 3.63) is 94.3 Å². The van der Waals surface area contributed by atoms with Crippen molar-refractivity contribution in [3.63, 3.8) is 0 Å². The molecule has 0 saturated heterocycles. The number of hydrogen-bond donors (Lipinski definition) is 1. The van der Waals surface area contributed by atoms with E-state index >= 15 is 0 Å². The molecule has 4 rings (SSSR count). The SMILES string of the molecule is Cc1nc(-n2cc(CCc3ccccc3)nn2)sc1C(=O)NCc1ccccc1. The molecule has 0 spiro atoms. The lowest BCUT2D eigenvalue weighted by atomic mass is 10.1. The van der Waals surface area contributed by atoms with Gasteiger partial charge in [0.25, 0.3) is 5.91 Å². The maximum absolute atomic E-state index is 12.6. The molecular formula is C22H21N5OS. The van der Waals surface area contributed by atoms with Crippen LogP contribution in [-0.2, 0) is 19.4 Å². The predicted octanol–water partition coefficient (Wildman–Crippen LogP) is 3.75. The van der Waals surface area contributed by atoms with Crippen LogP contribution in [0.25, 0.3) is 5.13 Å². The molecule has 0 fully saturated rings. The van der Waals surface area contributed by atoms with Crippen LogP contribution in [0.5, 0.6) is 0 Å². The van der Waals surface area contributed by atoms with Gasteiger partial charge >= 0.3 is 0 Å². The van der Waals surface area contributed by atoms with Gasteiger partial charge in [-0.3, -0.25) is 4.79 Å². The smallest absolute Gasteiger partial charge is 0.263 e. The number of aryl methyl sites for hydroxylation is 3. The number of carbonyl (C=O) groups is 1. The van der Waals surface area contributed by atoms with Gasteiger partial charge < -0.3 is 5.32 Å². The van der Waals surface area contributed by atoms with E-state index in [1.807, 2.05) is 61.7 Å². The van der Waals surface area contributed by atoms with E-state index in [2.05, 4.69) is 32.7 Å². The van der Waals surface area contributed by atoms with Crippen LogP contribution in [0.4, 0.5) is 0 Å². The average molecular weight is 404 g/mol. The fourth-order valence-electron chi connectivity index (χ4n) is 2.97. The molecule has 7 heteroatoms. The first-order valence-electron chi connectivity index (χ1n) is 9.44. The van der Waals surface area contributed by atoms with E-state index in [4.69, 9.17) is 0 Å². The number of amides is 1. The monoisotopic (exact) mass is 403 g/mol. The van der Waals surface area contributed by atoms with E-state index in [0.29, 0.717) is 22.2 Å². The van der Waals surface area contributed by atoms with Crippen LogP contribution in [0.1, 0.15) is 32.2 Å². The third-order valence-electron chi connectivity index (χ3n) is 4.54. The van der Waals surface area contributed by atoms with Crippen molar-refractivity contribution >= 4 is 17.2 Å². The van der Waals surface area contributed by atoms with E-state index in [1.54, 1.807) is 4.68 Å². The predicted molar refractivity (Wildman–Crippen MR) is 113 cm³/mol. The summed E-state index contributed by atoms with van der Waals surface area (Å²) in [7, 11) is 0. The Balaban J connectivity index is 1.41. The molecule has 1 amide bonds. The van der Waals surface area contributed by atoms with Gasteiger partial charge in [-0.2, -0.15) is 4.68 Å². The Labute approximate surface area is 173 Å². The summed E-state index contributed by atoms with van der Waals surface area (Å²) in [6.45, 7) is 2.32. The van der Waals surface area contributed by atoms with Crippen molar-refractivity contribution in [2.45, 2.75) is 26.3 Å². The van der Waals surface area contributed by atoms with Gasteiger partial charge in [0, 0.05) is 6.54 Å². The summed E-state index contributed by atoms with van der Waals surface area (Å²) in [5.74, 6) is -0.125. The number of hydrogen-bond acceptors (Lipinski definition) is 5. The zero-order valence-electron chi connectivity index (χ0n) is 16.1. The fourth-order valence-corrected chi connectivity index (χ4v) is 3.88. The zero-order valence-corrected chi connectivity index (χ0v) is 16.9. The summed E-state index contributed by atoms with van der Waals surface area (Å²) < 4.78 is 1.64. The van der Waals surface area contributed by atoms with Crippen LogP contribution < -0.4 is 5.32 Å². The highest BCUT2D eigenvalue weighted by atomic mass is 32.1. The second-order valence-electron chi connectivity index (χ2n) is 6.72. The summed E-state index contributed by atoms with van der Waals surface area (Å²) in [6, 6.07) is 20.1. The van der Waals surface area contributed by atoms with Crippen LogP contribution in [-0.4, -0.2) is 25.9 Å². The minimum Gasteiger partial charge on any atom is -0.347 e. The largest absolute Gasteiger partial charge is 0.347 e. The molecule has 146 valence electrons. The third-order valence-corrected chi connectivity index (χ3v) is 5.68. The van der Waals surface area contributed by atoms with E-state index < -0.39 is 0 Å². The minimum absolute atomic E-state index is 0.125. The number of nitrogens with zero attached hydrogens (tertiary/aromatic N) is 4. The topological polar surface area (TPSA) is 72.7 Å². The summed E-state index contributed by atoms with van der Waals surface area (Å²) in [6.07, 6.45) is 3.59. The summed E-state index contributed by atoms with van der Waals surface area (Å²) in [4.78, 5) is 17.7. The lowest BCUT2D eigenvalue weighted by Crippen LogP contribution is -2.22. The van der Waals surface area contributed by atoms with E-state index in [9.17, 15) is 4.79 Å². The van der Waals surface area contributed by atoms with Crippen molar-refractivity contribution in [2.24, 2.45) is 0 Å². The number of rotatable bonds is 7. The standard InChI is InChI=1S/C22H21N5OS/c1-16-20(21(28)23-14-18-10-6-3-7-11-18)29-22(24-16)27-15-19(25-26-27)13-12-17-8-4-2-5-9-17/h2-11,15H,12-14H2,1H3,(H,23,28). The van der Waals surface area contributed by atoms with Crippen molar-refractivity contribution < 1.29 is 4.79 Å². The Hall–Kier alpha value is -3.32.